The number of carbonyl (C=O) groups is 1. The fraction of sp³-hybridized carbons (Fsp3) is 0. The lowest BCUT2D eigenvalue weighted by Crippen LogP contribution is -1.82. The fourth-order valence-electron chi connectivity index (χ4n) is 0.374. The van der Waals surface area contributed by atoms with Gasteiger partial charge in [0.25, 0.3) is 0 Å². The first-order valence-electron chi connectivity index (χ1n) is 3.11. The lowest BCUT2D eigenvalue weighted by molar-refractivity contribution is -0.402. The molecule has 6 nitrogen and oxygen atoms in total. The van der Waals surface area contributed by atoms with Crippen LogP contribution in [0.25, 0.3) is 0 Å². The molecule has 0 aliphatic rings. The summed E-state index contributed by atoms with van der Waals surface area (Å²) in [4.78, 5) is 18.4. The maximum absolute atomic E-state index is 9.77. The number of hydrogen-bond donors (Lipinski definition) is 1. The Bertz CT molecular complexity index is 295. The van der Waals surface area contributed by atoms with Crippen LogP contribution in [-0.4, -0.2) is 16.0 Å². The number of hydrogen-bond acceptors (Lipinski definition) is 4. The second-order valence-corrected chi connectivity index (χ2v) is 1.75. The Morgan fingerprint density at radius 3 is 2.36 bits per heavy atom. The van der Waals surface area contributed by atoms with Crippen molar-refractivity contribution in [3.8, 4) is 0 Å². The van der Waals surface area contributed by atoms with E-state index in [1.165, 1.54) is 18.4 Å². The van der Waals surface area contributed by atoms with Crippen molar-refractivity contribution in [1.29, 1.82) is 0 Å². The number of rotatable bonds is 2. The molecule has 0 amide bonds. The molecule has 0 aliphatic heterocycles. The Hall–Kier alpha value is -1.82. The molecule has 0 atom stereocenters. The van der Waals surface area contributed by atoms with Crippen molar-refractivity contribution in [1.82, 2.24) is 0 Å². The molecule has 1 N–H and O–H groups in total. The van der Waals surface area contributed by atoms with Gasteiger partial charge >= 0.3 is 11.9 Å². The van der Waals surface area contributed by atoms with E-state index in [0.717, 1.165) is 6.08 Å². The van der Waals surface area contributed by atoms with Crippen LogP contribution in [0.4, 0.5) is 5.88 Å². The quantitative estimate of drug-likeness (QED) is 0.467. The molecule has 78 valence electrons. The Labute approximate surface area is 85.4 Å². The average Bonchev–Trinajstić information content (AvgIpc) is 2.57. The van der Waals surface area contributed by atoms with Gasteiger partial charge in [-0.15, -0.1) is 12.4 Å². The molecule has 0 unspecified atom stereocenters. The van der Waals surface area contributed by atoms with Crippen LogP contribution in [0.2, 0.25) is 0 Å². The zero-order chi connectivity index (χ0) is 10.3. The van der Waals surface area contributed by atoms with E-state index in [4.69, 9.17) is 5.11 Å². The number of furan rings is 1. The van der Waals surface area contributed by atoms with Gasteiger partial charge < -0.3 is 9.52 Å². The predicted octanol–water partition coefficient (Wildman–Crippen LogP) is 1.87. The average molecular weight is 222 g/mol. The number of nitro groups is 1. The van der Waals surface area contributed by atoms with Crippen molar-refractivity contribution in [2.24, 2.45) is 0 Å². The van der Waals surface area contributed by atoms with E-state index in [2.05, 4.69) is 11.0 Å². The van der Waals surface area contributed by atoms with Crippen LogP contribution in [0.15, 0.2) is 35.5 Å². The number of halogens is 1. The van der Waals surface area contributed by atoms with E-state index in [1.807, 2.05) is 0 Å². The number of carboxylic acid groups (broad SMARTS) is 1. The van der Waals surface area contributed by atoms with Gasteiger partial charge in [0.15, 0.2) is 0 Å². The summed E-state index contributed by atoms with van der Waals surface area (Å²) in [5.41, 5.74) is 0. The molecule has 0 saturated carbocycles. The Morgan fingerprint density at radius 1 is 1.71 bits per heavy atom. The summed E-state index contributed by atoms with van der Waals surface area (Å²) in [6, 6.07) is 2.76. The maximum Gasteiger partial charge on any atom is 0.432 e. The molecule has 0 aromatic carbocycles. The highest BCUT2D eigenvalue weighted by Crippen LogP contribution is 2.08. The van der Waals surface area contributed by atoms with E-state index < -0.39 is 10.9 Å². The van der Waals surface area contributed by atoms with Gasteiger partial charge in [-0.1, -0.05) is 6.58 Å². The zero-order valence-electron chi connectivity index (χ0n) is 6.95. The van der Waals surface area contributed by atoms with E-state index in [-0.39, 0.29) is 18.3 Å². The highest BCUT2D eigenvalue weighted by Gasteiger charge is 2.04. The van der Waals surface area contributed by atoms with Gasteiger partial charge in [0, 0.05) is 6.08 Å². The van der Waals surface area contributed by atoms with Crippen LogP contribution >= 0.6 is 12.4 Å². The number of nitrogens with zero attached hydrogens (tertiary/aromatic N) is 1. The van der Waals surface area contributed by atoms with Crippen molar-refractivity contribution in [3.63, 3.8) is 0 Å². The molecule has 0 bridgehead atoms. The van der Waals surface area contributed by atoms with Crippen molar-refractivity contribution in [3.05, 3.63) is 41.2 Å². The van der Waals surface area contributed by atoms with Gasteiger partial charge in [0.1, 0.15) is 4.92 Å². The summed E-state index contributed by atoms with van der Waals surface area (Å²) in [6.07, 6.45) is 2.10. The predicted molar refractivity (Wildman–Crippen MR) is 50.4 cm³/mol. The van der Waals surface area contributed by atoms with Gasteiger partial charge in [-0.3, -0.25) is 10.1 Å². The first kappa shape index (κ1) is 14.7. The van der Waals surface area contributed by atoms with Gasteiger partial charge in [-0.25, -0.2) is 4.79 Å². The SMILES string of the molecule is C=CC(=O)O.Cl.O=[N+]([O-])c1ccco1. The van der Waals surface area contributed by atoms with Crippen molar-refractivity contribution in [2.45, 2.75) is 0 Å². The third kappa shape index (κ3) is 6.86. The molecule has 0 saturated heterocycles. The minimum Gasteiger partial charge on any atom is -0.478 e. The van der Waals surface area contributed by atoms with E-state index >= 15 is 0 Å². The molecule has 14 heavy (non-hydrogen) atoms. The van der Waals surface area contributed by atoms with Crippen molar-refractivity contribution < 1.29 is 19.2 Å². The molecular weight excluding hydrogens is 214 g/mol. The van der Waals surface area contributed by atoms with Gasteiger partial charge in [-0.2, -0.15) is 0 Å². The van der Waals surface area contributed by atoms with Gasteiger partial charge in [0.2, 0.25) is 0 Å². The number of carboxylic acids is 1. The van der Waals surface area contributed by atoms with Gasteiger partial charge in [0.05, 0.1) is 12.3 Å². The largest absolute Gasteiger partial charge is 0.478 e. The summed E-state index contributed by atoms with van der Waals surface area (Å²) < 4.78 is 4.40. The standard InChI is InChI=1S/C4H3NO3.C3H4O2.ClH/c6-5(7)4-2-1-3-8-4;1-2-3(4)5;/h1-3H;2H,1H2,(H,4,5);1H. The monoisotopic (exact) mass is 221 g/mol. The summed E-state index contributed by atoms with van der Waals surface area (Å²) in [5, 5.41) is 17.4. The minimum atomic E-state index is -0.981. The second-order valence-electron chi connectivity index (χ2n) is 1.75. The summed E-state index contributed by atoms with van der Waals surface area (Å²) in [6.45, 7) is 2.96. The molecule has 0 fully saturated rings. The molecule has 1 heterocycles. The minimum absolute atomic E-state index is 0. The normalized spacial score (nSPS) is 7.43. The smallest absolute Gasteiger partial charge is 0.432 e. The Balaban J connectivity index is 0. The number of aliphatic carboxylic acids is 1. The maximum atomic E-state index is 9.77. The van der Waals surface area contributed by atoms with E-state index in [1.54, 1.807) is 0 Å². The topological polar surface area (TPSA) is 93.6 Å². The van der Waals surface area contributed by atoms with Crippen LogP contribution in [0, 0.1) is 10.1 Å². The second kappa shape index (κ2) is 7.81. The molecule has 7 heteroatoms. The molecular formula is C7H8ClNO5. The van der Waals surface area contributed by atoms with Crippen LogP contribution in [0.3, 0.4) is 0 Å². The first-order chi connectivity index (χ1) is 6.07. The van der Waals surface area contributed by atoms with Gasteiger partial charge in [-0.05, 0) is 6.07 Å². The summed E-state index contributed by atoms with van der Waals surface area (Å²) in [5.74, 6) is -1.20. The van der Waals surface area contributed by atoms with E-state index in [0.29, 0.717) is 0 Å². The molecule has 1 aromatic heterocycles. The van der Waals surface area contributed by atoms with Crippen LogP contribution in [-0.2, 0) is 4.79 Å². The fourth-order valence-corrected chi connectivity index (χ4v) is 0.374. The van der Waals surface area contributed by atoms with Crippen LogP contribution in [0.5, 0.6) is 0 Å². The molecule has 0 radical (unpaired) electrons. The summed E-state index contributed by atoms with van der Waals surface area (Å²) >= 11 is 0. The third-order valence-electron chi connectivity index (χ3n) is 0.861. The lowest BCUT2D eigenvalue weighted by Gasteiger charge is -1.76. The van der Waals surface area contributed by atoms with Crippen molar-refractivity contribution >= 4 is 24.3 Å². The molecule has 0 spiro atoms. The van der Waals surface area contributed by atoms with Crippen molar-refractivity contribution in [2.75, 3.05) is 0 Å². The Morgan fingerprint density at radius 2 is 2.21 bits per heavy atom. The lowest BCUT2D eigenvalue weighted by atomic mass is 10.6. The molecule has 1 aromatic rings. The van der Waals surface area contributed by atoms with Crippen LogP contribution in [0.1, 0.15) is 0 Å². The highest BCUT2D eigenvalue weighted by atomic mass is 35.5. The third-order valence-corrected chi connectivity index (χ3v) is 0.861. The Kier molecular flexibility index (Phi) is 8.20. The zero-order valence-corrected chi connectivity index (χ0v) is 7.77. The first-order valence-corrected chi connectivity index (χ1v) is 3.11. The van der Waals surface area contributed by atoms with Crippen LogP contribution < -0.4 is 0 Å². The summed E-state index contributed by atoms with van der Waals surface area (Å²) in [7, 11) is 0. The highest BCUT2D eigenvalue weighted by molar-refractivity contribution is 5.85. The molecule has 0 aliphatic carbocycles. The molecule has 1 rings (SSSR count). The van der Waals surface area contributed by atoms with E-state index in [9.17, 15) is 14.9 Å².